The molecule has 3 aliphatic rings. The Hall–Kier alpha value is -8.46. The minimum Gasteiger partial charge on any atom is -0.310 e. The highest BCUT2D eigenvalue weighted by molar-refractivity contribution is 6.05. The predicted molar refractivity (Wildman–Crippen MR) is 272 cm³/mol. The van der Waals surface area contributed by atoms with E-state index in [-0.39, 0.29) is 0 Å². The first-order valence-electron chi connectivity index (χ1n) is 22.5. The van der Waals surface area contributed by atoms with Gasteiger partial charge >= 0.3 is 0 Å². The summed E-state index contributed by atoms with van der Waals surface area (Å²) in [7, 11) is 0. The molecule has 1 aliphatic heterocycles. The van der Waals surface area contributed by atoms with Gasteiger partial charge in [0.1, 0.15) is 0 Å². The van der Waals surface area contributed by atoms with Gasteiger partial charge in [0, 0.05) is 33.8 Å². The zero-order valence-electron chi connectivity index (χ0n) is 35.6. The molecule has 0 fully saturated rings. The van der Waals surface area contributed by atoms with E-state index in [1.54, 1.807) is 0 Å². The van der Waals surface area contributed by atoms with Gasteiger partial charge in [0.05, 0.1) is 22.5 Å². The summed E-state index contributed by atoms with van der Waals surface area (Å²) in [5.41, 5.74) is 23.5. The number of hydrogen-bond acceptors (Lipinski definition) is 2. The third-order valence-electron chi connectivity index (χ3n) is 13.8. The SMILES string of the molecule is C1=Cc2ccccc2C2(c3ccccc31)c1ccccc1-c1c(N(c3ccc(-c4ccccc4)cc3)c3ccc4c(c3)-c3ccccc3N(c3ccccc3)c3ccccc3-4)cccc12. The summed E-state index contributed by atoms with van der Waals surface area (Å²) in [4.78, 5) is 4.92. The Morgan fingerprint density at radius 1 is 0.323 bits per heavy atom. The molecule has 2 aliphatic carbocycles. The highest BCUT2D eigenvalue weighted by Gasteiger charge is 2.49. The fourth-order valence-electron chi connectivity index (χ4n) is 11.1. The van der Waals surface area contributed by atoms with Crippen LogP contribution in [-0.2, 0) is 5.41 Å². The molecule has 0 amide bonds. The van der Waals surface area contributed by atoms with Crippen molar-refractivity contribution in [1.29, 1.82) is 0 Å². The van der Waals surface area contributed by atoms with Crippen molar-refractivity contribution in [3.63, 3.8) is 0 Å². The van der Waals surface area contributed by atoms with E-state index < -0.39 is 5.41 Å². The van der Waals surface area contributed by atoms with Crippen LogP contribution in [0.4, 0.5) is 34.1 Å². The molecule has 304 valence electrons. The van der Waals surface area contributed by atoms with Crippen LogP contribution in [-0.4, -0.2) is 0 Å². The van der Waals surface area contributed by atoms with Gasteiger partial charge in [-0.25, -0.2) is 0 Å². The largest absolute Gasteiger partial charge is 0.310 e. The van der Waals surface area contributed by atoms with Gasteiger partial charge in [-0.05, 0) is 116 Å². The Kier molecular flexibility index (Phi) is 8.47. The summed E-state index contributed by atoms with van der Waals surface area (Å²) in [5.74, 6) is 0. The topological polar surface area (TPSA) is 6.48 Å². The lowest BCUT2D eigenvalue weighted by atomic mass is 9.66. The molecule has 1 heterocycles. The molecule has 0 saturated heterocycles. The van der Waals surface area contributed by atoms with Crippen molar-refractivity contribution >= 4 is 46.3 Å². The molecule has 0 saturated carbocycles. The number of anilines is 6. The Bertz CT molecular complexity index is 3440. The monoisotopic (exact) mass is 826 g/mol. The minimum absolute atomic E-state index is 0.543. The molecule has 0 aromatic heterocycles. The number of fused-ring (bicyclic) bond motifs is 14. The van der Waals surface area contributed by atoms with E-state index in [2.05, 4.69) is 265 Å². The molecular weight excluding hydrogens is 785 g/mol. The fraction of sp³-hybridized carbons (Fsp3) is 0.0159. The Morgan fingerprint density at radius 2 is 0.831 bits per heavy atom. The maximum absolute atomic E-state index is 2.50. The number of rotatable bonds is 5. The predicted octanol–water partition coefficient (Wildman–Crippen LogP) is 16.8. The van der Waals surface area contributed by atoms with Crippen LogP contribution in [0.3, 0.4) is 0 Å². The molecule has 0 atom stereocenters. The second kappa shape index (κ2) is 14.8. The fourth-order valence-corrected chi connectivity index (χ4v) is 11.1. The quantitative estimate of drug-likeness (QED) is 0.171. The first kappa shape index (κ1) is 37.1. The van der Waals surface area contributed by atoms with E-state index in [1.807, 2.05) is 0 Å². The lowest BCUT2D eigenvalue weighted by Gasteiger charge is -2.35. The molecule has 13 rings (SSSR count). The first-order chi connectivity index (χ1) is 32.3. The van der Waals surface area contributed by atoms with E-state index >= 15 is 0 Å². The third kappa shape index (κ3) is 5.60. The molecular formula is C63H42N2. The molecule has 1 spiro atoms. The summed E-state index contributed by atoms with van der Waals surface area (Å²) in [6, 6.07) is 89.5. The van der Waals surface area contributed by atoms with Crippen LogP contribution in [0.2, 0.25) is 0 Å². The number of benzene rings is 10. The molecule has 10 aromatic carbocycles. The average molecular weight is 827 g/mol. The molecule has 2 heteroatoms. The van der Waals surface area contributed by atoms with Crippen molar-refractivity contribution in [3.8, 4) is 44.5 Å². The van der Waals surface area contributed by atoms with E-state index in [4.69, 9.17) is 0 Å². The normalized spacial score (nSPS) is 13.3. The second-order valence-electron chi connectivity index (χ2n) is 17.2. The second-order valence-corrected chi connectivity index (χ2v) is 17.2. The van der Waals surface area contributed by atoms with Crippen molar-refractivity contribution in [2.45, 2.75) is 5.41 Å². The lowest BCUT2D eigenvalue weighted by Crippen LogP contribution is -2.30. The maximum Gasteiger partial charge on any atom is 0.0725 e. The van der Waals surface area contributed by atoms with Crippen LogP contribution in [0.1, 0.15) is 33.4 Å². The number of para-hydroxylation sites is 3. The Morgan fingerprint density at radius 3 is 1.51 bits per heavy atom. The van der Waals surface area contributed by atoms with Gasteiger partial charge in [-0.2, -0.15) is 0 Å². The minimum atomic E-state index is -0.543. The zero-order valence-corrected chi connectivity index (χ0v) is 35.6. The van der Waals surface area contributed by atoms with Crippen LogP contribution >= 0.6 is 0 Å². The number of nitrogens with zero attached hydrogens (tertiary/aromatic N) is 2. The molecule has 65 heavy (non-hydrogen) atoms. The van der Waals surface area contributed by atoms with E-state index in [0.29, 0.717) is 0 Å². The van der Waals surface area contributed by atoms with Gasteiger partial charge in [0.15, 0.2) is 0 Å². The number of hydrogen-bond donors (Lipinski definition) is 0. The average Bonchev–Trinajstić information content (AvgIpc) is 3.51. The first-order valence-corrected chi connectivity index (χ1v) is 22.5. The van der Waals surface area contributed by atoms with E-state index in [9.17, 15) is 0 Å². The van der Waals surface area contributed by atoms with Crippen LogP contribution in [0.15, 0.2) is 243 Å². The lowest BCUT2D eigenvalue weighted by molar-refractivity contribution is 0.766. The van der Waals surface area contributed by atoms with Crippen LogP contribution in [0, 0.1) is 0 Å². The van der Waals surface area contributed by atoms with Gasteiger partial charge in [-0.1, -0.05) is 200 Å². The Balaban J connectivity index is 1.09. The molecule has 0 unspecified atom stereocenters. The summed E-state index contributed by atoms with van der Waals surface area (Å²) in [6.45, 7) is 0. The van der Waals surface area contributed by atoms with Crippen molar-refractivity contribution in [2.24, 2.45) is 0 Å². The summed E-state index contributed by atoms with van der Waals surface area (Å²) in [5, 5.41) is 0. The summed E-state index contributed by atoms with van der Waals surface area (Å²) >= 11 is 0. The van der Waals surface area contributed by atoms with Crippen molar-refractivity contribution in [2.75, 3.05) is 9.80 Å². The molecule has 0 bridgehead atoms. The van der Waals surface area contributed by atoms with Gasteiger partial charge in [-0.15, -0.1) is 0 Å². The van der Waals surface area contributed by atoms with Crippen molar-refractivity contribution in [3.05, 3.63) is 276 Å². The molecule has 0 N–H and O–H groups in total. The molecule has 2 nitrogen and oxygen atoms in total. The zero-order chi connectivity index (χ0) is 42.9. The van der Waals surface area contributed by atoms with Crippen molar-refractivity contribution < 1.29 is 0 Å². The van der Waals surface area contributed by atoms with Crippen LogP contribution < -0.4 is 9.80 Å². The smallest absolute Gasteiger partial charge is 0.0725 e. The van der Waals surface area contributed by atoms with Gasteiger partial charge in [0.25, 0.3) is 0 Å². The van der Waals surface area contributed by atoms with E-state index in [0.717, 1.165) is 34.1 Å². The maximum atomic E-state index is 2.50. The Labute approximate surface area is 380 Å². The van der Waals surface area contributed by atoms with Gasteiger partial charge in [-0.3, -0.25) is 0 Å². The third-order valence-corrected chi connectivity index (χ3v) is 13.8. The van der Waals surface area contributed by atoms with Crippen LogP contribution in [0.5, 0.6) is 0 Å². The van der Waals surface area contributed by atoms with E-state index in [1.165, 1.54) is 77.9 Å². The van der Waals surface area contributed by atoms with Gasteiger partial charge < -0.3 is 9.80 Å². The standard InChI is InChI=1S/C63H42N2/c1-3-18-43(19-4-1)44-36-38-48(39-37-44)64(49-40-41-50-51-24-10-15-31-59(51)65(47-22-5-2-6-23-47)60-32-16-11-25-52(60)54(50)42-49)61-33-17-30-58-62(61)53-26-9-14-29-57(53)63(58)55-27-12-7-20-45(55)34-35-46-21-8-13-28-56(46)63/h1-42H. The molecule has 10 aromatic rings. The van der Waals surface area contributed by atoms with Crippen LogP contribution in [0.25, 0.3) is 56.7 Å². The highest BCUT2D eigenvalue weighted by Crippen LogP contribution is 2.62. The highest BCUT2D eigenvalue weighted by atomic mass is 15.2. The van der Waals surface area contributed by atoms with Gasteiger partial charge in [0.2, 0.25) is 0 Å². The summed E-state index contributed by atoms with van der Waals surface area (Å²) < 4.78 is 0. The van der Waals surface area contributed by atoms with Crippen molar-refractivity contribution in [1.82, 2.24) is 0 Å². The summed E-state index contributed by atoms with van der Waals surface area (Å²) in [6.07, 6.45) is 4.61. The molecule has 0 radical (unpaired) electrons.